The van der Waals surface area contributed by atoms with Gasteiger partial charge in [-0.3, -0.25) is 0 Å². The topological polar surface area (TPSA) is 49.7 Å². The van der Waals surface area contributed by atoms with Gasteiger partial charge in [-0.25, -0.2) is 8.57 Å². The molecule has 1 N–H and O–H groups in total. The molecular formula is C13H20ClNO2S. The second-order valence-corrected chi connectivity index (χ2v) is 7.50. The van der Waals surface area contributed by atoms with Crippen molar-refractivity contribution in [3.8, 4) is 0 Å². The standard InChI is InChI=1S/C13H20ClNO2S/c1-10(2)13(8-16)15-18(17,9-14)12-6-4-11(3)5-7-12/h4-7,10,13,16H,8-9H2,1-3H3/t13?,18-/m1/s1. The molecule has 102 valence electrons. The van der Waals surface area contributed by atoms with Gasteiger partial charge in [-0.05, 0) is 25.0 Å². The molecule has 0 fully saturated rings. The van der Waals surface area contributed by atoms with Crippen LogP contribution in [0.4, 0.5) is 0 Å². The fourth-order valence-electron chi connectivity index (χ4n) is 1.49. The van der Waals surface area contributed by atoms with Crippen molar-refractivity contribution in [2.45, 2.75) is 31.7 Å². The van der Waals surface area contributed by atoms with Crippen LogP contribution in [-0.2, 0) is 9.73 Å². The number of aliphatic hydroxyl groups excluding tert-OH is 1. The third-order valence-corrected chi connectivity index (χ3v) is 5.60. The van der Waals surface area contributed by atoms with Gasteiger partial charge in [0, 0.05) is 4.90 Å². The van der Waals surface area contributed by atoms with Gasteiger partial charge < -0.3 is 5.11 Å². The molecule has 0 heterocycles. The minimum atomic E-state index is -2.65. The zero-order chi connectivity index (χ0) is 13.8. The van der Waals surface area contributed by atoms with Crippen LogP contribution in [0.3, 0.4) is 0 Å². The molecule has 0 aliphatic heterocycles. The van der Waals surface area contributed by atoms with E-state index < -0.39 is 9.73 Å². The van der Waals surface area contributed by atoms with E-state index in [1.807, 2.05) is 32.9 Å². The predicted molar refractivity (Wildman–Crippen MR) is 76.4 cm³/mol. The van der Waals surface area contributed by atoms with Crippen molar-refractivity contribution in [2.24, 2.45) is 10.3 Å². The molecule has 0 saturated heterocycles. The number of benzene rings is 1. The summed E-state index contributed by atoms with van der Waals surface area (Å²) in [6, 6.07) is 7.01. The lowest BCUT2D eigenvalue weighted by Crippen LogP contribution is -2.20. The quantitative estimate of drug-likeness (QED) is 0.847. The monoisotopic (exact) mass is 289 g/mol. The molecular weight excluding hydrogens is 270 g/mol. The van der Waals surface area contributed by atoms with Gasteiger partial charge >= 0.3 is 0 Å². The van der Waals surface area contributed by atoms with Crippen LogP contribution in [0.2, 0.25) is 0 Å². The van der Waals surface area contributed by atoms with Gasteiger partial charge in [0.15, 0.2) is 0 Å². The first-order valence-electron chi connectivity index (χ1n) is 5.90. The van der Waals surface area contributed by atoms with E-state index in [9.17, 15) is 9.32 Å². The normalized spacial score (nSPS) is 16.3. The number of aliphatic hydroxyl groups is 1. The largest absolute Gasteiger partial charge is 0.394 e. The van der Waals surface area contributed by atoms with E-state index in [1.165, 1.54) is 0 Å². The van der Waals surface area contributed by atoms with Crippen molar-refractivity contribution in [3.63, 3.8) is 0 Å². The van der Waals surface area contributed by atoms with E-state index in [-0.39, 0.29) is 23.8 Å². The van der Waals surface area contributed by atoms with Gasteiger partial charge in [0.1, 0.15) is 5.21 Å². The van der Waals surface area contributed by atoms with Crippen LogP contribution in [0.1, 0.15) is 19.4 Å². The summed E-state index contributed by atoms with van der Waals surface area (Å²) in [4.78, 5) is 0.627. The lowest BCUT2D eigenvalue weighted by molar-refractivity contribution is 0.241. The van der Waals surface area contributed by atoms with Gasteiger partial charge in [0.05, 0.1) is 22.4 Å². The summed E-state index contributed by atoms with van der Waals surface area (Å²) >= 11 is 5.84. The molecule has 1 unspecified atom stereocenters. The Labute approximate surface area is 114 Å². The van der Waals surface area contributed by atoms with E-state index in [2.05, 4.69) is 4.36 Å². The maximum atomic E-state index is 12.7. The van der Waals surface area contributed by atoms with Crippen LogP contribution in [0, 0.1) is 12.8 Å². The lowest BCUT2D eigenvalue weighted by atomic mass is 10.1. The minimum Gasteiger partial charge on any atom is -0.394 e. The Balaban J connectivity index is 3.24. The maximum absolute atomic E-state index is 12.7. The first-order valence-corrected chi connectivity index (χ1v) is 8.12. The summed E-state index contributed by atoms with van der Waals surface area (Å²) < 4.78 is 17.0. The third-order valence-electron chi connectivity index (χ3n) is 2.80. The highest BCUT2D eigenvalue weighted by molar-refractivity contribution is 7.94. The number of hydrogen-bond acceptors (Lipinski definition) is 3. The van der Waals surface area contributed by atoms with Crippen LogP contribution in [0.5, 0.6) is 0 Å². The van der Waals surface area contributed by atoms with Crippen LogP contribution in [0.15, 0.2) is 33.5 Å². The Bertz CT molecular complexity index is 490. The van der Waals surface area contributed by atoms with Crippen LogP contribution in [0.25, 0.3) is 0 Å². The zero-order valence-corrected chi connectivity index (χ0v) is 12.5. The minimum absolute atomic E-state index is 0.0563. The molecule has 3 nitrogen and oxygen atoms in total. The lowest BCUT2D eigenvalue weighted by Gasteiger charge is -2.16. The van der Waals surface area contributed by atoms with Crippen molar-refractivity contribution in [2.75, 3.05) is 11.8 Å². The Kier molecular flexibility index (Phi) is 5.63. The second kappa shape index (κ2) is 6.55. The molecule has 0 radical (unpaired) electrons. The van der Waals surface area contributed by atoms with Gasteiger partial charge in [-0.15, -0.1) is 11.6 Å². The van der Waals surface area contributed by atoms with Crippen molar-refractivity contribution in [3.05, 3.63) is 29.8 Å². The average Bonchev–Trinajstić information content (AvgIpc) is 2.36. The molecule has 0 saturated carbocycles. The van der Waals surface area contributed by atoms with Gasteiger partial charge in [0.2, 0.25) is 0 Å². The molecule has 2 atom stereocenters. The molecule has 0 amide bonds. The van der Waals surface area contributed by atoms with Gasteiger partial charge in [-0.2, -0.15) is 0 Å². The van der Waals surface area contributed by atoms with Crippen molar-refractivity contribution in [1.82, 2.24) is 0 Å². The molecule has 18 heavy (non-hydrogen) atoms. The predicted octanol–water partition coefficient (Wildman–Crippen LogP) is 3.04. The summed E-state index contributed by atoms with van der Waals surface area (Å²) in [6.07, 6.45) is 0. The maximum Gasteiger partial charge on any atom is 0.111 e. The zero-order valence-electron chi connectivity index (χ0n) is 11.0. The molecule has 0 bridgehead atoms. The van der Waals surface area contributed by atoms with Gasteiger partial charge in [-0.1, -0.05) is 31.5 Å². The Morgan fingerprint density at radius 2 is 1.89 bits per heavy atom. The first-order chi connectivity index (χ1) is 8.42. The summed E-state index contributed by atoms with van der Waals surface area (Å²) in [7, 11) is -2.65. The summed E-state index contributed by atoms with van der Waals surface area (Å²) in [5, 5.41) is 9.23. The van der Waals surface area contributed by atoms with E-state index in [0.717, 1.165) is 5.56 Å². The fourth-order valence-corrected chi connectivity index (χ4v) is 3.65. The molecule has 5 heteroatoms. The van der Waals surface area contributed by atoms with Crippen LogP contribution >= 0.6 is 11.6 Å². The van der Waals surface area contributed by atoms with Crippen LogP contribution < -0.4 is 0 Å². The Morgan fingerprint density at radius 1 is 1.33 bits per heavy atom. The van der Waals surface area contributed by atoms with E-state index in [0.29, 0.717) is 4.90 Å². The van der Waals surface area contributed by atoms with Crippen molar-refractivity contribution in [1.29, 1.82) is 0 Å². The van der Waals surface area contributed by atoms with Crippen LogP contribution in [-0.4, -0.2) is 27.2 Å². The van der Waals surface area contributed by atoms with E-state index >= 15 is 0 Å². The highest BCUT2D eigenvalue weighted by atomic mass is 35.5. The average molecular weight is 290 g/mol. The fraction of sp³-hybridized carbons (Fsp3) is 0.538. The number of aryl methyl sites for hydroxylation is 1. The number of hydrogen-bond donors (Lipinski definition) is 1. The summed E-state index contributed by atoms with van der Waals surface area (Å²) in [5.41, 5.74) is 1.10. The highest BCUT2D eigenvalue weighted by Gasteiger charge is 2.17. The summed E-state index contributed by atoms with van der Waals surface area (Å²) in [5.74, 6) is 0.129. The van der Waals surface area contributed by atoms with Gasteiger partial charge in [0.25, 0.3) is 0 Å². The third kappa shape index (κ3) is 3.70. The molecule has 1 aromatic carbocycles. The Morgan fingerprint density at radius 3 is 2.28 bits per heavy atom. The number of nitrogens with zero attached hydrogens (tertiary/aromatic N) is 1. The van der Waals surface area contributed by atoms with Crippen molar-refractivity contribution >= 4 is 21.3 Å². The number of alkyl halides is 1. The molecule has 1 aromatic rings. The van der Waals surface area contributed by atoms with E-state index in [4.69, 9.17) is 11.6 Å². The second-order valence-electron chi connectivity index (χ2n) is 4.66. The SMILES string of the molecule is Cc1ccc([S@](=O)(CCl)=NC(CO)C(C)C)cc1. The number of halogens is 1. The Hall–Kier alpha value is -0.580. The van der Waals surface area contributed by atoms with Crippen molar-refractivity contribution < 1.29 is 9.32 Å². The van der Waals surface area contributed by atoms with E-state index in [1.54, 1.807) is 12.1 Å². The first kappa shape index (κ1) is 15.5. The highest BCUT2D eigenvalue weighted by Crippen LogP contribution is 2.19. The molecule has 1 rings (SSSR count). The molecule has 0 spiro atoms. The smallest absolute Gasteiger partial charge is 0.111 e. The summed E-state index contributed by atoms with van der Waals surface area (Å²) in [6.45, 7) is 5.73. The molecule has 0 aliphatic rings. The number of rotatable bonds is 5. The molecule has 0 aromatic heterocycles. The molecule has 0 aliphatic carbocycles.